The molecule has 1 nitrogen and oxygen atoms in total. The lowest BCUT2D eigenvalue weighted by molar-refractivity contribution is 0.498. The van der Waals surface area contributed by atoms with E-state index < -0.39 is 11.6 Å². The first-order valence-corrected chi connectivity index (χ1v) is 4.75. The predicted octanol–water partition coefficient (Wildman–Crippen LogP) is 2.26. The first-order chi connectivity index (χ1) is 6.59. The van der Waals surface area contributed by atoms with Gasteiger partial charge in [0.15, 0.2) is 11.6 Å². The molecule has 3 heteroatoms. The van der Waals surface area contributed by atoms with Gasteiger partial charge >= 0.3 is 0 Å². The molecular weight excluding hydrogens is 184 g/mol. The molecule has 1 aromatic rings. The van der Waals surface area contributed by atoms with Gasteiger partial charge in [0.1, 0.15) is 0 Å². The minimum absolute atomic E-state index is 0.0701. The maximum atomic E-state index is 13.1. The zero-order chi connectivity index (χ0) is 10.3. The molecule has 0 spiro atoms. The molecule has 76 valence electrons. The van der Waals surface area contributed by atoms with E-state index in [0.717, 1.165) is 18.4 Å². The molecule has 0 heterocycles. The molecule has 0 unspecified atom stereocenters. The Morgan fingerprint density at radius 2 is 2.00 bits per heavy atom. The van der Waals surface area contributed by atoms with Gasteiger partial charge in [0, 0.05) is 12.0 Å². The summed E-state index contributed by atoms with van der Waals surface area (Å²) in [5.41, 5.74) is 6.76. The Morgan fingerprint density at radius 1 is 1.36 bits per heavy atom. The van der Waals surface area contributed by atoms with Gasteiger partial charge in [-0.15, -0.1) is 0 Å². The lowest BCUT2D eigenvalue weighted by Gasteiger charge is -2.14. The molecular formula is C11H13F2N. The first kappa shape index (κ1) is 9.59. The summed E-state index contributed by atoms with van der Waals surface area (Å²) >= 11 is 0. The Balaban J connectivity index is 2.46. The largest absolute Gasteiger partial charge is 0.330 e. The van der Waals surface area contributed by atoms with E-state index in [-0.39, 0.29) is 5.41 Å². The summed E-state index contributed by atoms with van der Waals surface area (Å²) in [6, 6.07) is 2.99. The Kier molecular flexibility index (Phi) is 2.07. The maximum absolute atomic E-state index is 13.1. The fraction of sp³-hybridized carbons (Fsp3) is 0.455. The van der Waals surface area contributed by atoms with Crippen LogP contribution in [-0.2, 0) is 5.41 Å². The Morgan fingerprint density at radius 3 is 2.43 bits per heavy atom. The molecule has 2 rings (SSSR count). The van der Waals surface area contributed by atoms with Crippen molar-refractivity contribution in [2.45, 2.75) is 25.2 Å². The second-order valence-corrected chi connectivity index (χ2v) is 4.07. The normalized spacial score (nSPS) is 18.3. The van der Waals surface area contributed by atoms with E-state index >= 15 is 0 Å². The van der Waals surface area contributed by atoms with Crippen LogP contribution in [-0.4, -0.2) is 6.54 Å². The third-order valence-electron chi connectivity index (χ3n) is 3.07. The van der Waals surface area contributed by atoms with E-state index in [1.54, 1.807) is 13.0 Å². The zero-order valence-electron chi connectivity index (χ0n) is 8.11. The van der Waals surface area contributed by atoms with Crippen LogP contribution in [0.4, 0.5) is 8.78 Å². The molecule has 0 bridgehead atoms. The highest BCUT2D eigenvalue weighted by atomic mass is 19.2. The monoisotopic (exact) mass is 197 g/mol. The van der Waals surface area contributed by atoms with Gasteiger partial charge in [-0.3, -0.25) is 0 Å². The van der Waals surface area contributed by atoms with Gasteiger partial charge in [-0.25, -0.2) is 8.78 Å². The van der Waals surface area contributed by atoms with Crippen LogP contribution in [0.2, 0.25) is 0 Å². The Bertz CT molecular complexity index is 347. The van der Waals surface area contributed by atoms with E-state index in [1.807, 2.05) is 0 Å². The van der Waals surface area contributed by atoms with E-state index in [2.05, 4.69) is 0 Å². The van der Waals surface area contributed by atoms with E-state index in [9.17, 15) is 8.78 Å². The van der Waals surface area contributed by atoms with Crippen LogP contribution in [0.1, 0.15) is 24.0 Å². The summed E-state index contributed by atoms with van der Waals surface area (Å²) in [5.74, 6) is -1.51. The van der Waals surface area contributed by atoms with Crippen LogP contribution < -0.4 is 5.73 Å². The van der Waals surface area contributed by atoms with E-state index in [0.29, 0.717) is 12.1 Å². The fourth-order valence-corrected chi connectivity index (χ4v) is 1.79. The van der Waals surface area contributed by atoms with Crippen molar-refractivity contribution in [3.8, 4) is 0 Å². The van der Waals surface area contributed by atoms with Crippen LogP contribution in [0.15, 0.2) is 12.1 Å². The topological polar surface area (TPSA) is 26.0 Å². The van der Waals surface area contributed by atoms with Crippen molar-refractivity contribution in [2.75, 3.05) is 6.54 Å². The standard InChI is InChI=1S/C11H13F2N/c1-7-4-8(5-9(12)10(7)13)11(6-14)2-3-11/h4-5H,2-3,6,14H2,1H3. The second kappa shape index (κ2) is 3.02. The van der Waals surface area contributed by atoms with Gasteiger partial charge in [0.25, 0.3) is 0 Å². The van der Waals surface area contributed by atoms with Gasteiger partial charge in [-0.1, -0.05) is 6.07 Å². The Labute approximate surface area is 81.9 Å². The minimum Gasteiger partial charge on any atom is -0.330 e. The number of benzene rings is 1. The van der Waals surface area contributed by atoms with Crippen LogP contribution in [0.25, 0.3) is 0 Å². The zero-order valence-corrected chi connectivity index (χ0v) is 8.11. The summed E-state index contributed by atoms with van der Waals surface area (Å²) in [5, 5.41) is 0. The quantitative estimate of drug-likeness (QED) is 0.773. The fourth-order valence-electron chi connectivity index (χ4n) is 1.79. The van der Waals surface area contributed by atoms with Crippen LogP contribution >= 0.6 is 0 Å². The van der Waals surface area contributed by atoms with E-state index in [4.69, 9.17) is 5.73 Å². The number of hydrogen-bond acceptors (Lipinski definition) is 1. The summed E-state index contributed by atoms with van der Waals surface area (Å²) in [7, 11) is 0. The Hall–Kier alpha value is -0.960. The van der Waals surface area contributed by atoms with Crippen LogP contribution in [0.3, 0.4) is 0 Å². The van der Waals surface area contributed by atoms with Crippen molar-refractivity contribution in [3.63, 3.8) is 0 Å². The molecule has 0 saturated heterocycles. The molecule has 1 fully saturated rings. The number of aryl methyl sites for hydroxylation is 1. The number of rotatable bonds is 2. The molecule has 1 saturated carbocycles. The summed E-state index contributed by atoms with van der Waals surface area (Å²) < 4.78 is 26.1. The molecule has 1 aliphatic rings. The van der Waals surface area contributed by atoms with Gasteiger partial charge in [-0.05, 0) is 37.0 Å². The van der Waals surface area contributed by atoms with Crippen molar-refractivity contribution in [1.82, 2.24) is 0 Å². The van der Waals surface area contributed by atoms with E-state index in [1.165, 1.54) is 6.07 Å². The number of nitrogens with two attached hydrogens (primary N) is 1. The summed E-state index contributed by atoms with van der Waals surface area (Å²) in [4.78, 5) is 0. The average Bonchev–Trinajstić information content (AvgIpc) is 2.94. The summed E-state index contributed by atoms with van der Waals surface area (Å²) in [6.07, 6.45) is 1.96. The van der Waals surface area contributed by atoms with Crippen molar-refractivity contribution >= 4 is 0 Å². The van der Waals surface area contributed by atoms with Gasteiger partial charge < -0.3 is 5.73 Å². The number of halogens is 2. The van der Waals surface area contributed by atoms with Crippen molar-refractivity contribution in [3.05, 3.63) is 34.9 Å². The molecule has 0 aliphatic heterocycles. The molecule has 0 aromatic heterocycles. The average molecular weight is 197 g/mol. The highest BCUT2D eigenvalue weighted by Gasteiger charge is 2.43. The first-order valence-electron chi connectivity index (χ1n) is 4.75. The molecule has 0 amide bonds. The maximum Gasteiger partial charge on any atom is 0.161 e. The van der Waals surface area contributed by atoms with Crippen LogP contribution in [0.5, 0.6) is 0 Å². The minimum atomic E-state index is -0.764. The van der Waals surface area contributed by atoms with Gasteiger partial charge in [-0.2, -0.15) is 0 Å². The van der Waals surface area contributed by atoms with Crippen molar-refractivity contribution < 1.29 is 8.78 Å². The number of hydrogen-bond donors (Lipinski definition) is 1. The molecule has 14 heavy (non-hydrogen) atoms. The third-order valence-corrected chi connectivity index (χ3v) is 3.07. The van der Waals surface area contributed by atoms with Crippen molar-refractivity contribution in [2.24, 2.45) is 5.73 Å². The van der Waals surface area contributed by atoms with Gasteiger partial charge in [0.05, 0.1) is 0 Å². The lowest BCUT2D eigenvalue weighted by Crippen LogP contribution is -2.20. The predicted molar refractivity (Wildman–Crippen MR) is 51.1 cm³/mol. The second-order valence-electron chi connectivity index (χ2n) is 4.07. The SMILES string of the molecule is Cc1cc(C2(CN)CC2)cc(F)c1F. The molecule has 1 aliphatic carbocycles. The molecule has 0 atom stereocenters. The highest BCUT2D eigenvalue weighted by Crippen LogP contribution is 2.47. The molecule has 2 N–H and O–H groups in total. The highest BCUT2D eigenvalue weighted by molar-refractivity contribution is 5.36. The van der Waals surface area contributed by atoms with Crippen molar-refractivity contribution in [1.29, 1.82) is 0 Å². The third kappa shape index (κ3) is 1.32. The van der Waals surface area contributed by atoms with Crippen LogP contribution in [0, 0.1) is 18.6 Å². The molecule has 0 radical (unpaired) electrons. The smallest absolute Gasteiger partial charge is 0.161 e. The van der Waals surface area contributed by atoms with Gasteiger partial charge in [0.2, 0.25) is 0 Å². The summed E-state index contributed by atoms with van der Waals surface area (Å²) in [6.45, 7) is 2.09. The molecule has 1 aromatic carbocycles. The lowest BCUT2D eigenvalue weighted by atomic mass is 9.94.